The third-order valence-electron chi connectivity index (χ3n) is 4.46. The van der Waals surface area contributed by atoms with Crippen LogP contribution in [0, 0.1) is 11.8 Å². The second-order valence-electron chi connectivity index (χ2n) is 6.05. The number of hydrogen-bond acceptors (Lipinski definition) is 3. The van der Waals surface area contributed by atoms with Crippen LogP contribution in [-0.4, -0.2) is 48.3 Å². The minimum atomic E-state index is 0.346. The minimum Gasteiger partial charge on any atom is -0.396 e. The number of hydrogen-bond donors (Lipinski definition) is 2. The molecule has 2 fully saturated rings. The predicted molar refractivity (Wildman–Crippen MR) is 71.0 cm³/mol. The van der Waals surface area contributed by atoms with Crippen LogP contribution in [0.3, 0.4) is 0 Å². The summed E-state index contributed by atoms with van der Waals surface area (Å²) in [5, 5.41) is 12.7. The van der Waals surface area contributed by atoms with Crippen molar-refractivity contribution in [2.45, 2.75) is 51.6 Å². The highest BCUT2D eigenvalue weighted by Gasteiger charge is 2.35. The molecule has 0 aromatic carbocycles. The van der Waals surface area contributed by atoms with Gasteiger partial charge in [0.05, 0.1) is 0 Å². The molecule has 2 atom stereocenters. The second kappa shape index (κ2) is 6.17. The van der Waals surface area contributed by atoms with E-state index in [4.69, 9.17) is 5.11 Å². The van der Waals surface area contributed by atoms with Gasteiger partial charge in [0.25, 0.3) is 0 Å². The molecule has 1 saturated heterocycles. The number of nitrogens with one attached hydrogen (secondary N) is 1. The number of rotatable bonds is 5. The van der Waals surface area contributed by atoms with Crippen LogP contribution < -0.4 is 5.32 Å². The third-order valence-corrected chi connectivity index (χ3v) is 4.46. The zero-order valence-corrected chi connectivity index (χ0v) is 11.4. The normalized spacial score (nSPS) is 39.0. The van der Waals surface area contributed by atoms with Crippen LogP contribution in [0.5, 0.6) is 0 Å². The number of aliphatic hydroxyl groups excluding tert-OH is 1. The molecule has 1 aliphatic carbocycles. The van der Waals surface area contributed by atoms with E-state index < -0.39 is 0 Å². The van der Waals surface area contributed by atoms with Crippen LogP contribution in [0.2, 0.25) is 0 Å². The van der Waals surface area contributed by atoms with Crippen LogP contribution in [0.25, 0.3) is 0 Å². The molecule has 0 aromatic heterocycles. The molecule has 0 amide bonds. The highest BCUT2D eigenvalue weighted by Crippen LogP contribution is 2.34. The second-order valence-corrected chi connectivity index (χ2v) is 6.05. The fourth-order valence-electron chi connectivity index (χ4n) is 3.53. The molecule has 1 heterocycles. The van der Waals surface area contributed by atoms with E-state index in [1.165, 1.54) is 32.4 Å². The van der Waals surface area contributed by atoms with Gasteiger partial charge in [0.2, 0.25) is 0 Å². The monoisotopic (exact) mass is 240 g/mol. The molecule has 1 aliphatic heterocycles. The highest BCUT2D eigenvalue weighted by molar-refractivity contribution is 4.91. The standard InChI is InChI=1S/C14H28N2O/c1-3-15-13-8-12(4-5-17)9-16(10-13)14-6-11(2)7-14/h11-15,17H,3-10H2,1-2H3. The lowest BCUT2D eigenvalue weighted by atomic mass is 9.78. The van der Waals surface area contributed by atoms with Gasteiger partial charge in [-0.25, -0.2) is 0 Å². The Labute approximate surface area is 106 Å². The molecular formula is C14H28N2O. The summed E-state index contributed by atoms with van der Waals surface area (Å²) in [5.74, 6) is 1.62. The summed E-state index contributed by atoms with van der Waals surface area (Å²) >= 11 is 0. The number of likely N-dealkylation sites (tertiary alicyclic amines) is 1. The van der Waals surface area contributed by atoms with Gasteiger partial charge in [-0.2, -0.15) is 0 Å². The molecule has 100 valence electrons. The van der Waals surface area contributed by atoms with E-state index in [9.17, 15) is 0 Å². The maximum Gasteiger partial charge on any atom is 0.0434 e. The molecule has 3 nitrogen and oxygen atoms in total. The van der Waals surface area contributed by atoms with Crippen LogP contribution in [-0.2, 0) is 0 Å². The van der Waals surface area contributed by atoms with Crippen molar-refractivity contribution in [3.05, 3.63) is 0 Å². The largest absolute Gasteiger partial charge is 0.396 e. The Kier molecular flexibility index (Phi) is 4.83. The summed E-state index contributed by atoms with van der Waals surface area (Å²) < 4.78 is 0. The van der Waals surface area contributed by atoms with E-state index in [0.29, 0.717) is 18.6 Å². The molecular weight excluding hydrogens is 212 g/mol. The molecule has 0 radical (unpaired) electrons. The molecule has 2 unspecified atom stereocenters. The Morgan fingerprint density at radius 1 is 1.24 bits per heavy atom. The zero-order chi connectivity index (χ0) is 12.3. The average molecular weight is 240 g/mol. The van der Waals surface area contributed by atoms with Crippen molar-refractivity contribution < 1.29 is 5.11 Å². The van der Waals surface area contributed by atoms with E-state index in [1.807, 2.05) is 0 Å². The first kappa shape index (κ1) is 13.3. The minimum absolute atomic E-state index is 0.346. The van der Waals surface area contributed by atoms with E-state index in [-0.39, 0.29) is 0 Å². The Hall–Kier alpha value is -0.120. The van der Waals surface area contributed by atoms with E-state index in [2.05, 4.69) is 24.1 Å². The van der Waals surface area contributed by atoms with E-state index >= 15 is 0 Å². The molecule has 0 spiro atoms. The lowest BCUT2D eigenvalue weighted by Crippen LogP contribution is -2.55. The summed E-state index contributed by atoms with van der Waals surface area (Å²) in [7, 11) is 0. The molecule has 2 aliphatic rings. The third kappa shape index (κ3) is 3.43. The van der Waals surface area contributed by atoms with Gasteiger partial charge in [-0.1, -0.05) is 13.8 Å². The van der Waals surface area contributed by atoms with Crippen molar-refractivity contribution in [2.75, 3.05) is 26.2 Å². The summed E-state index contributed by atoms with van der Waals surface area (Å²) in [4.78, 5) is 2.68. The van der Waals surface area contributed by atoms with E-state index in [0.717, 1.165) is 24.9 Å². The first-order valence-electron chi connectivity index (χ1n) is 7.31. The SMILES string of the molecule is CCNC1CC(CCO)CN(C2CC(C)C2)C1. The molecule has 17 heavy (non-hydrogen) atoms. The van der Waals surface area contributed by atoms with Gasteiger partial charge in [0.15, 0.2) is 0 Å². The molecule has 2 N–H and O–H groups in total. The lowest BCUT2D eigenvalue weighted by Gasteiger charge is -2.47. The van der Waals surface area contributed by atoms with Gasteiger partial charge in [0.1, 0.15) is 0 Å². The van der Waals surface area contributed by atoms with Gasteiger partial charge >= 0.3 is 0 Å². The predicted octanol–water partition coefficient (Wildman–Crippen LogP) is 1.47. The van der Waals surface area contributed by atoms with Gasteiger partial charge in [-0.3, -0.25) is 4.90 Å². The van der Waals surface area contributed by atoms with Crippen molar-refractivity contribution in [2.24, 2.45) is 11.8 Å². The lowest BCUT2D eigenvalue weighted by molar-refractivity contribution is 0.0286. The van der Waals surface area contributed by atoms with Crippen LogP contribution in [0.1, 0.15) is 39.5 Å². The number of likely N-dealkylation sites (N-methyl/N-ethyl adjacent to an activating group) is 1. The molecule has 0 aromatic rings. The Bertz CT molecular complexity index is 214. The van der Waals surface area contributed by atoms with Crippen molar-refractivity contribution in [3.8, 4) is 0 Å². The van der Waals surface area contributed by atoms with Crippen molar-refractivity contribution in [1.82, 2.24) is 10.2 Å². The number of aliphatic hydroxyl groups is 1. The van der Waals surface area contributed by atoms with Crippen molar-refractivity contribution in [1.29, 1.82) is 0 Å². The maximum atomic E-state index is 9.13. The first-order chi connectivity index (χ1) is 8.22. The Morgan fingerprint density at radius 3 is 2.59 bits per heavy atom. The zero-order valence-electron chi connectivity index (χ0n) is 11.4. The average Bonchev–Trinajstić information content (AvgIpc) is 2.25. The summed E-state index contributed by atoms with van der Waals surface area (Å²) in [6.45, 7) is 8.37. The number of piperidine rings is 1. The molecule has 0 bridgehead atoms. The topological polar surface area (TPSA) is 35.5 Å². The van der Waals surface area contributed by atoms with Crippen molar-refractivity contribution >= 4 is 0 Å². The first-order valence-corrected chi connectivity index (χ1v) is 7.31. The highest BCUT2D eigenvalue weighted by atomic mass is 16.3. The van der Waals surface area contributed by atoms with Crippen LogP contribution in [0.15, 0.2) is 0 Å². The van der Waals surface area contributed by atoms with Crippen LogP contribution >= 0.6 is 0 Å². The maximum absolute atomic E-state index is 9.13. The van der Waals surface area contributed by atoms with Gasteiger partial charge in [-0.05, 0) is 44.1 Å². The summed E-state index contributed by atoms with van der Waals surface area (Å²) in [6, 6.07) is 1.47. The number of nitrogens with zero attached hydrogens (tertiary/aromatic N) is 1. The van der Waals surface area contributed by atoms with Gasteiger partial charge in [-0.15, -0.1) is 0 Å². The Morgan fingerprint density at radius 2 is 2.00 bits per heavy atom. The molecule has 1 saturated carbocycles. The van der Waals surface area contributed by atoms with Crippen LogP contribution in [0.4, 0.5) is 0 Å². The molecule has 3 heteroatoms. The quantitative estimate of drug-likeness (QED) is 0.764. The summed E-state index contributed by atoms with van der Waals surface area (Å²) in [6.07, 6.45) is 4.98. The molecule has 2 rings (SSSR count). The smallest absolute Gasteiger partial charge is 0.0434 e. The van der Waals surface area contributed by atoms with Gasteiger partial charge in [0, 0.05) is 31.8 Å². The fourth-order valence-corrected chi connectivity index (χ4v) is 3.53. The van der Waals surface area contributed by atoms with Gasteiger partial charge < -0.3 is 10.4 Å². The van der Waals surface area contributed by atoms with Crippen molar-refractivity contribution in [3.63, 3.8) is 0 Å². The fraction of sp³-hybridized carbons (Fsp3) is 1.00. The van der Waals surface area contributed by atoms with E-state index in [1.54, 1.807) is 0 Å². The summed E-state index contributed by atoms with van der Waals surface area (Å²) in [5.41, 5.74) is 0. The Balaban J connectivity index is 1.86.